The summed E-state index contributed by atoms with van der Waals surface area (Å²) in [7, 11) is 2.10. The van der Waals surface area contributed by atoms with Gasteiger partial charge in [-0.05, 0) is 63.8 Å². The van der Waals surface area contributed by atoms with Crippen molar-refractivity contribution in [1.29, 1.82) is 0 Å². The summed E-state index contributed by atoms with van der Waals surface area (Å²) in [6.07, 6.45) is 6.54. The molecule has 19 heavy (non-hydrogen) atoms. The minimum absolute atomic E-state index is 0.683. The third kappa shape index (κ3) is 2.48. The van der Waals surface area contributed by atoms with Crippen molar-refractivity contribution in [2.75, 3.05) is 11.9 Å². The molecule has 2 aliphatic rings. The fourth-order valence-corrected chi connectivity index (χ4v) is 4.04. The van der Waals surface area contributed by atoms with Crippen LogP contribution in [0.2, 0.25) is 5.02 Å². The van der Waals surface area contributed by atoms with Crippen molar-refractivity contribution in [2.45, 2.75) is 57.2 Å². The maximum absolute atomic E-state index is 6.21. The van der Waals surface area contributed by atoms with Crippen molar-refractivity contribution >= 4 is 17.3 Å². The zero-order valence-electron chi connectivity index (χ0n) is 11.8. The number of anilines is 1. The van der Waals surface area contributed by atoms with Gasteiger partial charge in [0.2, 0.25) is 0 Å². The van der Waals surface area contributed by atoms with Crippen molar-refractivity contribution in [1.82, 2.24) is 5.32 Å². The molecule has 104 valence electrons. The van der Waals surface area contributed by atoms with Crippen LogP contribution in [0.5, 0.6) is 0 Å². The number of hydrogen-bond acceptors (Lipinski definition) is 2. The van der Waals surface area contributed by atoms with Gasteiger partial charge in [0.25, 0.3) is 0 Å². The lowest BCUT2D eigenvalue weighted by molar-refractivity contribution is 0.252. The summed E-state index contributed by atoms with van der Waals surface area (Å²) < 4.78 is 0. The monoisotopic (exact) mass is 278 g/mol. The predicted octanol–water partition coefficient (Wildman–Crippen LogP) is 3.76. The van der Waals surface area contributed by atoms with E-state index in [9.17, 15) is 0 Å². The zero-order chi connectivity index (χ0) is 13.4. The van der Waals surface area contributed by atoms with E-state index in [-0.39, 0.29) is 0 Å². The molecule has 2 aliphatic heterocycles. The quantitative estimate of drug-likeness (QED) is 0.886. The van der Waals surface area contributed by atoms with Gasteiger partial charge in [0.15, 0.2) is 0 Å². The molecule has 1 aromatic carbocycles. The number of piperidine rings is 2. The first-order valence-corrected chi connectivity index (χ1v) is 7.78. The van der Waals surface area contributed by atoms with E-state index in [1.54, 1.807) is 0 Å². The molecule has 0 radical (unpaired) electrons. The van der Waals surface area contributed by atoms with Crippen LogP contribution in [0.4, 0.5) is 5.69 Å². The Morgan fingerprint density at radius 1 is 1.21 bits per heavy atom. The Labute approximate surface area is 121 Å². The van der Waals surface area contributed by atoms with E-state index in [2.05, 4.69) is 36.3 Å². The first-order chi connectivity index (χ1) is 9.19. The molecule has 0 amide bonds. The van der Waals surface area contributed by atoms with Gasteiger partial charge < -0.3 is 10.2 Å². The standard InChI is InChI=1S/C16H23ClN2/c1-11-6-7-12(17)8-16(11)19-14-4-3-5-15(19)10-13(9-14)18-2/h6-8,13-15,18H,3-5,9-10H2,1-2H3. The third-order valence-corrected chi connectivity index (χ3v) is 5.07. The van der Waals surface area contributed by atoms with E-state index in [4.69, 9.17) is 11.6 Å². The highest BCUT2D eigenvalue weighted by Gasteiger charge is 2.38. The van der Waals surface area contributed by atoms with Crippen LogP contribution in [0, 0.1) is 6.92 Å². The largest absolute Gasteiger partial charge is 0.365 e. The molecule has 1 aromatic rings. The molecule has 0 spiro atoms. The molecule has 2 unspecified atom stereocenters. The number of halogens is 1. The summed E-state index contributed by atoms with van der Waals surface area (Å²) in [6.45, 7) is 2.20. The van der Waals surface area contributed by atoms with Crippen LogP contribution in [0.25, 0.3) is 0 Å². The Bertz CT molecular complexity index is 446. The fraction of sp³-hybridized carbons (Fsp3) is 0.625. The molecule has 2 saturated heterocycles. The van der Waals surface area contributed by atoms with E-state index in [1.807, 2.05) is 6.07 Å². The molecule has 3 heteroatoms. The van der Waals surface area contributed by atoms with Gasteiger partial charge in [-0.15, -0.1) is 0 Å². The average Bonchev–Trinajstić information content (AvgIpc) is 2.40. The molecule has 0 saturated carbocycles. The number of fused-ring (bicyclic) bond motifs is 2. The average molecular weight is 279 g/mol. The predicted molar refractivity (Wildman–Crippen MR) is 82.2 cm³/mol. The van der Waals surface area contributed by atoms with Crippen molar-refractivity contribution < 1.29 is 0 Å². The Morgan fingerprint density at radius 3 is 2.53 bits per heavy atom. The third-order valence-electron chi connectivity index (χ3n) is 4.83. The highest BCUT2D eigenvalue weighted by atomic mass is 35.5. The topological polar surface area (TPSA) is 15.3 Å². The number of hydrogen-bond donors (Lipinski definition) is 1. The summed E-state index contributed by atoms with van der Waals surface area (Å²) in [5, 5.41) is 4.33. The Balaban J connectivity index is 1.93. The number of nitrogens with zero attached hydrogens (tertiary/aromatic N) is 1. The Hall–Kier alpha value is -0.730. The van der Waals surface area contributed by atoms with Crippen molar-refractivity contribution in [3.63, 3.8) is 0 Å². The summed E-state index contributed by atoms with van der Waals surface area (Å²) in [5.41, 5.74) is 2.71. The molecule has 2 atom stereocenters. The summed E-state index contributed by atoms with van der Waals surface area (Å²) >= 11 is 6.21. The maximum atomic E-state index is 6.21. The van der Waals surface area contributed by atoms with Gasteiger partial charge >= 0.3 is 0 Å². The van der Waals surface area contributed by atoms with Crippen molar-refractivity contribution in [3.8, 4) is 0 Å². The first-order valence-electron chi connectivity index (χ1n) is 7.41. The normalized spacial score (nSPS) is 30.5. The Kier molecular flexibility index (Phi) is 3.72. The van der Waals surface area contributed by atoms with Gasteiger partial charge in [0.1, 0.15) is 0 Å². The SMILES string of the molecule is CNC1CC2CCCC(C1)N2c1cc(Cl)ccc1C. The number of benzene rings is 1. The van der Waals surface area contributed by atoms with Gasteiger partial charge in [-0.25, -0.2) is 0 Å². The van der Waals surface area contributed by atoms with Crippen LogP contribution in [-0.2, 0) is 0 Å². The van der Waals surface area contributed by atoms with E-state index in [0.717, 1.165) is 5.02 Å². The van der Waals surface area contributed by atoms with Crippen LogP contribution in [0.15, 0.2) is 18.2 Å². The molecule has 2 bridgehead atoms. The lowest BCUT2D eigenvalue weighted by Crippen LogP contribution is -2.56. The van der Waals surface area contributed by atoms with E-state index in [1.165, 1.54) is 43.4 Å². The minimum Gasteiger partial charge on any atom is -0.365 e. The van der Waals surface area contributed by atoms with E-state index < -0.39 is 0 Å². The molecule has 3 rings (SSSR count). The summed E-state index contributed by atoms with van der Waals surface area (Å²) in [5.74, 6) is 0. The van der Waals surface area contributed by atoms with E-state index in [0.29, 0.717) is 18.1 Å². The first kappa shape index (κ1) is 13.3. The molecule has 2 heterocycles. The molecule has 2 nitrogen and oxygen atoms in total. The summed E-state index contributed by atoms with van der Waals surface area (Å²) in [4.78, 5) is 2.67. The second-order valence-electron chi connectivity index (χ2n) is 6.03. The van der Waals surface area contributed by atoms with Crippen molar-refractivity contribution in [3.05, 3.63) is 28.8 Å². The number of rotatable bonds is 2. The number of aryl methyl sites for hydroxylation is 1. The molecular weight excluding hydrogens is 256 g/mol. The van der Waals surface area contributed by atoms with Crippen LogP contribution >= 0.6 is 11.6 Å². The molecular formula is C16H23ClN2. The van der Waals surface area contributed by atoms with Crippen LogP contribution < -0.4 is 10.2 Å². The van der Waals surface area contributed by atoms with Crippen LogP contribution in [-0.4, -0.2) is 25.2 Å². The highest BCUT2D eigenvalue weighted by Crippen LogP contribution is 2.39. The summed E-state index contributed by atoms with van der Waals surface area (Å²) in [6, 6.07) is 8.35. The number of nitrogens with one attached hydrogen (secondary N) is 1. The lowest BCUT2D eigenvalue weighted by atomic mass is 9.81. The van der Waals surface area contributed by atoms with Gasteiger partial charge in [0, 0.05) is 28.8 Å². The molecule has 0 aliphatic carbocycles. The smallest absolute Gasteiger partial charge is 0.0426 e. The fourth-order valence-electron chi connectivity index (χ4n) is 3.87. The van der Waals surface area contributed by atoms with Gasteiger partial charge in [-0.2, -0.15) is 0 Å². The Morgan fingerprint density at radius 2 is 1.89 bits per heavy atom. The van der Waals surface area contributed by atoms with Gasteiger partial charge in [0.05, 0.1) is 0 Å². The second-order valence-corrected chi connectivity index (χ2v) is 6.47. The van der Waals surface area contributed by atoms with Crippen LogP contribution in [0.1, 0.15) is 37.7 Å². The van der Waals surface area contributed by atoms with Gasteiger partial charge in [-0.3, -0.25) is 0 Å². The van der Waals surface area contributed by atoms with Crippen LogP contribution in [0.3, 0.4) is 0 Å². The second kappa shape index (κ2) is 5.34. The zero-order valence-corrected chi connectivity index (χ0v) is 12.6. The highest BCUT2D eigenvalue weighted by molar-refractivity contribution is 6.30. The molecule has 1 N–H and O–H groups in total. The maximum Gasteiger partial charge on any atom is 0.0426 e. The molecule has 0 aromatic heterocycles. The van der Waals surface area contributed by atoms with Crippen molar-refractivity contribution in [2.24, 2.45) is 0 Å². The lowest BCUT2D eigenvalue weighted by Gasteiger charge is -2.50. The molecule has 2 fully saturated rings. The van der Waals surface area contributed by atoms with Gasteiger partial charge in [-0.1, -0.05) is 17.7 Å². The van der Waals surface area contributed by atoms with E-state index >= 15 is 0 Å². The minimum atomic E-state index is 0.683.